The first-order chi connectivity index (χ1) is 13.9. The number of alkyl halides is 2. The normalized spacial score (nSPS) is 12.1. The van der Waals surface area contributed by atoms with Crippen LogP contribution in [0.3, 0.4) is 0 Å². The van der Waals surface area contributed by atoms with E-state index in [1.807, 2.05) is 0 Å². The molecule has 0 saturated heterocycles. The number of carbonyl (C=O) groups excluding carboxylic acids is 3. The molecule has 0 aliphatic heterocycles. The Bertz CT molecular complexity index is 1070. The number of amides is 2. The average molecular weight is 424 g/mol. The van der Waals surface area contributed by atoms with Crippen molar-refractivity contribution >= 4 is 23.3 Å². The highest BCUT2D eigenvalue weighted by molar-refractivity contribution is 6.43. The quantitative estimate of drug-likeness (QED) is 0.423. The van der Waals surface area contributed by atoms with Gasteiger partial charge in [-0.2, -0.15) is 5.26 Å². The maximum absolute atomic E-state index is 14.7. The fraction of sp³-hybridized carbons (Fsp3) is 0.263. The van der Waals surface area contributed by atoms with E-state index in [9.17, 15) is 31.9 Å². The molecule has 0 bridgehead atoms. The third-order valence-electron chi connectivity index (χ3n) is 4.24. The number of ketones is 1. The van der Waals surface area contributed by atoms with Crippen molar-refractivity contribution in [3.05, 3.63) is 52.9 Å². The summed E-state index contributed by atoms with van der Waals surface area (Å²) in [4.78, 5) is 36.5. The Kier molecular flexibility index (Phi) is 6.30. The van der Waals surface area contributed by atoms with E-state index in [1.54, 1.807) is 11.4 Å². The fourth-order valence-corrected chi connectivity index (χ4v) is 2.41. The summed E-state index contributed by atoms with van der Waals surface area (Å²) in [6.45, 7) is 1.52. The Morgan fingerprint density at radius 3 is 2.43 bits per heavy atom. The molecule has 2 aromatic rings. The Morgan fingerprint density at radius 2 is 1.87 bits per heavy atom. The van der Waals surface area contributed by atoms with Crippen LogP contribution in [0.1, 0.15) is 40.3 Å². The van der Waals surface area contributed by atoms with Crippen molar-refractivity contribution in [3.63, 3.8) is 0 Å². The Morgan fingerprint density at radius 1 is 1.23 bits per heavy atom. The van der Waals surface area contributed by atoms with Crippen LogP contribution in [0.2, 0.25) is 0 Å². The summed E-state index contributed by atoms with van der Waals surface area (Å²) in [6.07, 6.45) is 0.867. The summed E-state index contributed by atoms with van der Waals surface area (Å²) in [5.41, 5.74) is -1.79. The molecule has 0 fully saturated rings. The van der Waals surface area contributed by atoms with Crippen molar-refractivity contribution < 1.29 is 31.9 Å². The summed E-state index contributed by atoms with van der Waals surface area (Å²) < 4.78 is 55.4. The molecule has 2 rings (SSSR count). The van der Waals surface area contributed by atoms with Gasteiger partial charge in [0.05, 0.1) is 17.2 Å². The SMILES string of the molecule is C[C@@H](NC(=O)C(=O)c1cn(C)c(C(=O)Nc2ccc(F)c(C#N)c2)c1F)C(C)(F)F. The van der Waals surface area contributed by atoms with Crippen LogP contribution in [-0.4, -0.2) is 34.1 Å². The lowest BCUT2D eigenvalue weighted by Crippen LogP contribution is -2.46. The van der Waals surface area contributed by atoms with Gasteiger partial charge in [-0.25, -0.2) is 17.6 Å². The number of carbonyl (C=O) groups is 3. The number of anilines is 1. The highest BCUT2D eigenvalue weighted by Crippen LogP contribution is 2.20. The fourth-order valence-electron chi connectivity index (χ4n) is 2.41. The lowest BCUT2D eigenvalue weighted by atomic mass is 10.1. The molecule has 1 atom stereocenters. The van der Waals surface area contributed by atoms with Crippen LogP contribution in [-0.2, 0) is 11.8 Å². The second-order valence-electron chi connectivity index (χ2n) is 6.56. The van der Waals surface area contributed by atoms with E-state index in [4.69, 9.17) is 5.26 Å². The smallest absolute Gasteiger partial charge is 0.292 e. The van der Waals surface area contributed by atoms with Gasteiger partial charge >= 0.3 is 0 Å². The number of nitrogens with one attached hydrogen (secondary N) is 2. The van der Waals surface area contributed by atoms with Gasteiger partial charge in [0.25, 0.3) is 23.5 Å². The zero-order chi connectivity index (χ0) is 22.8. The lowest BCUT2D eigenvalue weighted by molar-refractivity contribution is -0.120. The number of halogens is 4. The molecule has 0 spiro atoms. The Labute approximate surface area is 168 Å². The van der Waals surface area contributed by atoms with Gasteiger partial charge < -0.3 is 15.2 Å². The van der Waals surface area contributed by atoms with Crippen LogP contribution < -0.4 is 10.6 Å². The number of benzene rings is 1. The number of aromatic nitrogens is 1. The molecule has 0 saturated carbocycles. The first-order valence-corrected chi connectivity index (χ1v) is 8.45. The minimum atomic E-state index is -3.31. The van der Waals surface area contributed by atoms with Crippen molar-refractivity contribution in [3.8, 4) is 6.07 Å². The molecule has 0 unspecified atom stereocenters. The number of hydrogen-bond acceptors (Lipinski definition) is 4. The monoisotopic (exact) mass is 424 g/mol. The molecule has 11 heteroatoms. The second kappa shape index (κ2) is 8.36. The largest absolute Gasteiger partial charge is 0.343 e. The highest BCUT2D eigenvalue weighted by atomic mass is 19.3. The number of aryl methyl sites for hydroxylation is 1. The molecular weight excluding hydrogens is 408 g/mol. The van der Waals surface area contributed by atoms with Crippen molar-refractivity contribution in [2.75, 3.05) is 5.32 Å². The Hall–Kier alpha value is -3.68. The van der Waals surface area contributed by atoms with E-state index in [-0.39, 0.29) is 11.3 Å². The van der Waals surface area contributed by atoms with E-state index in [0.29, 0.717) is 6.92 Å². The third kappa shape index (κ3) is 4.65. The van der Waals surface area contributed by atoms with Crippen LogP contribution in [0.15, 0.2) is 24.4 Å². The van der Waals surface area contributed by atoms with Crippen molar-refractivity contribution in [2.24, 2.45) is 7.05 Å². The van der Waals surface area contributed by atoms with E-state index >= 15 is 0 Å². The van der Waals surface area contributed by atoms with Gasteiger partial charge in [0.1, 0.15) is 17.6 Å². The zero-order valence-corrected chi connectivity index (χ0v) is 16.0. The molecule has 0 aliphatic carbocycles. The molecule has 0 radical (unpaired) electrons. The molecule has 158 valence electrons. The minimum absolute atomic E-state index is 0.0110. The second-order valence-corrected chi connectivity index (χ2v) is 6.56. The average Bonchev–Trinajstić information content (AvgIpc) is 2.95. The van der Waals surface area contributed by atoms with Crippen molar-refractivity contribution in [1.82, 2.24) is 9.88 Å². The molecule has 7 nitrogen and oxygen atoms in total. The van der Waals surface area contributed by atoms with Gasteiger partial charge in [0, 0.05) is 25.9 Å². The van der Waals surface area contributed by atoms with Gasteiger partial charge in [0.15, 0.2) is 5.82 Å². The van der Waals surface area contributed by atoms with Crippen molar-refractivity contribution in [2.45, 2.75) is 25.8 Å². The van der Waals surface area contributed by atoms with Gasteiger partial charge in [-0.05, 0) is 25.1 Å². The Balaban J connectivity index is 2.26. The number of nitrogens with zero attached hydrogens (tertiary/aromatic N) is 2. The minimum Gasteiger partial charge on any atom is -0.343 e. The van der Waals surface area contributed by atoms with E-state index in [0.717, 1.165) is 35.9 Å². The van der Waals surface area contributed by atoms with Gasteiger partial charge in [-0.15, -0.1) is 0 Å². The first-order valence-electron chi connectivity index (χ1n) is 8.45. The zero-order valence-electron chi connectivity index (χ0n) is 16.0. The summed E-state index contributed by atoms with van der Waals surface area (Å²) in [5, 5.41) is 12.8. The van der Waals surface area contributed by atoms with Gasteiger partial charge in [-0.3, -0.25) is 14.4 Å². The van der Waals surface area contributed by atoms with E-state index in [2.05, 4.69) is 5.32 Å². The van der Waals surface area contributed by atoms with Gasteiger partial charge in [0.2, 0.25) is 0 Å². The summed E-state index contributed by atoms with van der Waals surface area (Å²) in [7, 11) is 1.22. The van der Waals surface area contributed by atoms with Crippen molar-refractivity contribution in [1.29, 1.82) is 5.26 Å². The van der Waals surface area contributed by atoms with Crippen LogP contribution in [0.25, 0.3) is 0 Å². The van der Waals surface area contributed by atoms with Gasteiger partial charge in [-0.1, -0.05) is 0 Å². The number of Topliss-reactive ketones (excluding diaryl/α,β-unsaturated/α-hetero) is 1. The van der Waals surface area contributed by atoms with Crippen LogP contribution in [0.5, 0.6) is 0 Å². The highest BCUT2D eigenvalue weighted by Gasteiger charge is 2.34. The molecular formula is C19H16F4N4O3. The molecule has 1 aromatic heterocycles. The molecule has 1 heterocycles. The predicted octanol–water partition coefficient (Wildman–Crippen LogP) is 2.77. The molecule has 2 amide bonds. The molecule has 2 N–H and O–H groups in total. The molecule has 1 aromatic carbocycles. The maximum Gasteiger partial charge on any atom is 0.292 e. The number of nitriles is 1. The lowest BCUT2D eigenvalue weighted by Gasteiger charge is -2.19. The molecule has 0 aliphatic rings. The first kappa shape index (κ1) is 22.6. The third-order valence-corrected chi connectivity index (χ3v) is 4.24. The summed E-state index contributed by atoms with van der Waals surface area (Å²) >= 11 is 0. The van der Waals surface area contributed by atoms with Crippen LogP contribution >= 0.6 is 0 Å². The standard InChI is InChI=1S/C19H16F4N4O3/c1-9(19(2,22)23)25-18(30)16(28)12-8-27(3)15(14(12)21)17(29)26-11-4-5-13(20)10(6-11)7-24/h4-6,8-9H,1-3H3,(H,25,30)(H,26,29)/t9-/m1/s1. The van der Waals surface area contributed by atoms with E-state index < -0.39 is 52.5 Å². The predicted molar refractivity (Wildman–Crippen MR) is 97.0 cm³/mol. The number of hydrogen-bond donors (Lipinski definition) is 2. The summed E-state index contributed by atoms with van der Waals surface area (Å²) in [6, 6.07) is 2.99. The molecule has 30 heavy (non-hydrogen) atoms. The number of rotatable bonds is 6. The summed E-state index contributed by atoms with van der Waals surface area (Å²) in [5.74, 6) is -9.41. The van der Waals surface area contributed by atoms with Crippen LogP contribution in [0.4, 0.5) is 23.2 Å². The van der Waals surface area contributed by atoms with Crippen LogP contribution in [0, 0.1) is 23.0 Å². The van der Waals surface area contributed by atoms with E-state index in [1.165, 1.54) is 7.05 Å². The maximum atomic E-state index is 14.7. The topological polar surface area (TPSA) is 104 Å².